The molecule has 1 aromatic carbocycles. The van der Waals surface area contributed by atoms with E-state index in [0.717, 1.165) is 38.2 Å². The van der Waals surface area contributed by atoms with E-state index in [1.54, 1.807) is 0 Å². The van der Waals surface area contributed by atoms with Crippen LogP contribution in [0.25, 0.3) is 0 Å². The molecule has 1 aliphatic heterocycles. The molecule has 0 atom stereocenters. The van der Waals surface area contributed by atoms with Crippen LogP contribution in [0.1, 0.15) is 24.0 Å². The zero-order valence-corrected chi connectivity index (χ0v) is 14.4. The largest absolute Gasteiger partial charge is 0.492 e. The molecule has 5 nitrogen and oxygen atoms in total. The van der Waals surface area contributed by atoms with Gasteiger partial charge in [-0.2, -0.15) is 0 Å². The van der Waals surface area contributed by atoms with Crippen molar-refractivity contribution in [3.8, 4) is 5.75 Å². The van der Waals surface area contributed by atoms with Crippen LogP contribution in [0.3, 0.4) is 0 Å². The minimum atomic E-state index is -0.753. The van der Waals surface area contributed by atoms with E-state index in [2.05, 4.69) is 36.9 Å². The third-order valence-corrected chi connectivity index (χ3v) is 4.57. The predicted molar refractivity (Wildman–Crippen MR) is 91.1 cm³/mol. The van der Waals surface area contributed by atoms with Gasteiger partial charge in [-0.1, -0.05) is 12.1 Å². The van der Waals surface area contributed by atoms with Crippen LogP contribution in [-0.4, -0.2) is 66.8 Å². The van der Waals surface area contributed by atoms with Gasteiger partial charge in [0.2, 0.25) is 0 Å². The van der Waals surface area contributed by atoms with E-state index in [0.29, 0.717) is 12.6 Å². The minimum absolute atomic E-state index is 0.125. The van der Waals surface area contributed by atoms with Crippen molar-refractivity contribution < 1.29 is 14.6 Å². The number of ether oxygens (including phenoxy) is 1. The topological polar surface area (TPSA) is 53.0 Å². The highest BCUT2D eigenvalue weighted by Crippen LogP contribution is 2.19. The number of likely N-dealkylation sites (tertiary alicyclic amines) is 1. The number of nitrogens with zero attached hydrogens (tertiary/aromatic N) is 2. The van der Waals surface area contributed by atoms with Crippen LogP contribution in [0.5, 0.6) is 5.75 Å². The first-order valence-electron chi connectivity index (χ1n) is 8.30. The summed E-state index contributed by atoms with van der Waals surface area (Å²) in [5.41, 5.74) is 2.39. The molecule has 0 amide bonds. The molecule has 0 spiro atoms. The number of hydrogen-bond acceptors (Lipinski definition) is 4. The van der Waals surface area contributed by atoms with Gasteiger partial charge in [-0.15, -0.1) is 0 Å². The number of rotatable bonds is 7. The Morgan fingerprint density at radius 1 is 1.35 bits per heavy atom. The number of likely N-dealkylation sites (N-methyl/N-ethyl adjacent to an activating group) is 1. The Morgan fingerprint density at radius 3 is 2.70 bits per heavy atom. The maximum absolute atomic E-state index is 10.8. The number of aryl methyl sites for hydroxylation is 2. The SMILES string of the molecule is Cc1ccc(C)c(OCCN2CCC(N(C)CC(=O)O)CC2)c1. The van der Waals surface area contributed by atoms with Gasteiger partial charge in [-0.05, 0) is 64.0 Å². The Balaban J connectivity index is 1.70. The molecular formula is C18H28N2O3. The number of carboxylic acids is 1. The van der Waals surface area contributed by atoms with Crippen molar-refractivity contribution >= 4 is 5.97 Å². The zero-order valence-electron chi connectivity index (χ0n) is 14.4. The van der Waals surface area contributed by atoms with Crippen molar-refractivity contribution in [2.45, 2.75) is 32.7 Å². The molecule has 23 heavy (non-hydrogen) atoms. The van der Waals surface area contributed by atoms with Gasteiger partial charge in [0.1, 0.15) is 12.4 Å². The monoisotopic (exact) mass is 320 g/mol. The van der Waals surface area contributed by atoms with Gasteiger partial charge in [0.25, 0.3) is 0 Å². The summed E-state index contributed by atoms with van der Waals surface area (Å²) in [7, 11) is 1.90. The maximum atomic E-state index is 10.8. The van der Waals surface area contributed by atoms with Crippen molar-refractivity contribution in [3.63, 3.8) is 0 Å². The van der Waals surface area contributed by atoms with Crippen LogP contribution < -0.4 is 4.74 Å². The molecule has 0 unspecified atom stereocenters. The molecule has 1 saturated heterocycles. The van der Waals surface area contributed by atoms with E-state index in [1.165, 1.54) is 11.1 Å². The average molecular weight is 320 g/mol. The summed E-state index contributed by atoms with van der Waals surface area (Å²) in [6.07, 6.45) is 2.04. The Bertz CT molecular complexity index is 525. The van der Waals surface area contributed by atoms with Crippen LogP contribution in [0, 0.1) is 13.8 Å². The molecule has 0 bridgehead atoms. The fraction of sp³-hybridized carbons (Fsp3) is 0.611. The molecule has 0 aromatic heterocycles. The highest BCUT2D eigenvalue weighted by Gasteiger charge is 2.23. The van der Waals surface area contributed by atoms with Gasteiger partial charge >= 0.3 is 5.97 Å². The number of hydrogen-bond donors (Lipinski definition) is 1. The van der Waals surface area contributed by atoms with Crippen LogP contribution >= 0.6 is 0 Å². The highest BCUT2D eigenvalue weighted by atomic mass is 16.5. The lowest BCUT2D eigenvalue weighted by Gasteiger charge is -2.36. The molecule has 1 heterocycles. The standard InChI is InChI=1S/C18H28N2O3/c1-14-4-5-15(2)17(12-14)23-11-10-20-8-6-16(7-9-20)19(3)13-18(21)22/h4-5,12,16H,6-11,13H2,1-3H3,(H,21,22). The van der Waals surface area contributed by atoms with Gasteiger partial charge in [0.05, 0.1) is 6.54 Å². The lowest BCUT2D eigenvalue weighted by Crippen LogP contribution is -2.45. The molecule has 2 rings (SSSR count). The van der Waals surface area contributed by atoms with E-state index in [4.69, 9.17) is 9.84 Å². The fourth-order valence-electron chi connectivity index (χ4n) is 3.07. The molecular weight excluding hydrogens is 292 g/mol. The quantitative estimate of drug-likeness (QED) is 0.834. The number of benzene rings is 1. The molecule has 5 heteroatoms. The summed E-state index contributed by atoms with van der Waals surface area (Å²) in [4.78, 5) is 15.1. The summed E-state index contributed by atoms with van der Waals surface area (Å²) in [5, 5.41) is 8.86. The second kappa shape index (κ2) is 8.31. The lowest BCUT2D eigenvalue weighted by molar-refractivity contribution is -0.138. The molecule has 0 aliphatic carbocycles. The molecule has 1 aliphatic rings. The first kappa shape index (κ1) is 17.8. The molecule has 1 fully saturated rings. The summed E-state index contributed by atoms with van der Waals surface area (Å²) >= 11 is 0. The molecule has 128 valence electrons. The average Bonchev–Trinajstić information content (AvgIpc) is 2.50. The van der Waals surface area contributed by atoms with Crippen LogP contribution in [0.2, 0.25) is 0 Å². The second-order valence-electron chi connectivity index (χ2n) is 6.50. The third kappa shape index (κ3) is 5.52. The second-order valence-corrected chi connectivity index (χ2v) is 6.50. The molecule has 1 aromatic rings. The zero-order chi connectivity index (χ0) is 16.8. The fourth-order valence-corrected chi connectivity index (χ4v) is 3.07. The number of carboxylic acid groups (broad SMARTS) is 1. The van der Waals surface area contributed by atoms with Crippen LogP contribution in [0.4, 0.5) is 0 Å². The summed E-state index contributed by atoms with van der Waals surface area (Å²) in [6, 6.07) is 6.65. The summed E-state index contributed by atoms with van der Waals surface area (Å²) in [5.74, 6) is 0.220. The van der Waals surface area contributed by atoms with Crippen LogP contribution in [-0.2, 0) is 4.79 Å². The predicted octanol–water partition coefficient (Wildman–Crippen LogP) is 2.16. The van der Waals surface area contributed by atoms with Gasteiger partial charge in [-0.25, -0.2) is 0 Å². The minimum Gasteiger partial charge on any atom is -0.492 e. The normalized spacial score (nSPS) is 16.7. The first-order valence-corrected chi connectivity index (χ1v) is 8.30. The van der Waals surface area contributed by atoms with E-state index >= 15 is 0 Å². The Kier molecular flexibility index (Phi) is 6.42. The van der Waals surface area contributed by atoms with E-state index < -0.39 is 5.97 Å². The number of aliphatic carboxylic acids is 1. The third-order valence-electron chi connectivity index (χ3n) is 4.57. The van der Waals surface area contributed by atoms with Gasteiger partial charge in [0, 0.05) is 12.6 Å². The van der Waals surface area contributed by atoms with Crippen molar-refractivity contribution in [2.75, 3.05) is 39.8 Å². The first-order chi connectivity index (χ1) is 11.0. The number of carbonyl (C=O) groups is 1. The van der Waals surface area contributed by atoms with Gasteiger partial charge in [0.15, 0.2) is 0 Å². The highest BCUT2D eigenvalue weighted by molar-refractivity contribution is 5.69. The van der Waals surface area contributed by atoms with Crippen molar-refractivity contribution in [2.24, 2.45) is 0 Å². The Hall–Kier alpha value is -1.59. The molecule has 0 radical (unpaired) electrons. The Labute approximate surface area is 138 Å². The maximum Gasteiger partial charge on any atom is 0.317 e. The van der Waals surface area contributed by atoms with Gasteiger partial charge in [-0.3, -0.25) is 14.6 Å². The van der Waals surface area contributed by atoms with Crippen LogP contribution in [0.15, 0.2) is 18.2 Å². The lowest BCUT2D eigenvalue weighted by atomic mass is 10.0. The number of piperidine rings is 1. The molecule has 0 saturated carbocycles. The van der Waals surface area contributed by atoms with Crippen molar-refractivity contribution in [1.82, 2.24) is 9.80 Å². The smallest absolute Gasteiger partial charge is 0.317 e. The van der Waals surface area contributed by atoms with E-state index in [9.17, 15) is 4.79 Å². The van der Waals surface area contributed by atoms with Crippen molar-refractivity contribution in [1.29, 1.82) is 0 Å². The molecule has 1 N–H and O–H groups in total. The summed E-state index contributed by atoms with van der Waals surface area (Å²) in [6.45, 7) is 7.89. The van der Waals surface area contributed by atoms with E-state index in [1.807, 2.05) is 11.9 Å². The summed E-state index contributed by atoms with van der Waals surface area (Å²) < 4.78 is 5.92. The van der Waals surface area contributed by atoms with Gasteiger partial charge < -0.3 is 9.84 Å². The Morgan fingerprint density at radius 2 is 2.04 bits per heavy atom. The van der Waals surface area contributed by atoms with Crippen molar-refractivity contribution in [3.05, 3.63) is 29.3 Å². The van der Waals surface area contributed by atoms with E-state index in [-0.39, 0.29) is 6.54 Å².